The van der Waals surface area contributed by atoms with Gasteiger partial charge in [0.1, 0.15) is 26.4 Å². The molecule has 0 bridgehead atoms. The maximum atomic E-state index is 12.3. The van der Waals surface area contributed by atoms with Gasteiger partial charge >= 0.3 is 5.97 Å². The summed E-state index contributed by atoms with van der Waals surface area (Å²) in [6.07, 6.45) is -0.786. The predicted octanol–water partition coefficient (Wildman–Crippen LogP) is 3.10. The number of halogens is 1. The molecule has 2 aromatic carbocycles. The lowest BCUT2D eigenvalue weighted by Crippen LogP contribution is -2.37. The zero-order valence-corrected chi connectivity index (χ0v) is 14.8. The van der Waals surface area contributed by atoms with Crippen molar-refractivity contribution in [3.8, 4) is 23.0 Å². The molecule has 0 radical (unpaired) electrons. The van der Waals surface area contributed by atoms with Gasteiger partial charge in [-0.1, -0.05) is 28.1 Å². The van der Waals surface area contributed by atoms with Gasteiger partial charge in [0.05, 0.1) is 0 Å². The second-order valence-corrected chi connectivity index (χ2v) is 6.41. The van der Waals surface area contributed by atoms with Crippen molar-refractivity contribution in [1.29, 1.82) is 0 Å². The molecule has 1 unspecified atom stereocenters. The third-order valence-electron chi connectivity index (χ3n) is 3.85. The van der Waals surface area contributed by atoms with Crippen molar-refractivity contribution >= 4 is 21.9 Å². The van der Waals surface area contributed by atoms with Crippen molar-refractivity contribution in [3.05, 3.63) is 46.4 Å². The summed E-state index contributed by atoms with van der Waals surface area (Å²) in [5, 5.41) is 0. The number of hydrogen-bond donors (Lipinski definition) is 0. The number of carbonyl (C=O) groups is 1. The highest BCUT2D eigenvalue weighted by molar-refractivity contribution is 9.10. The molecule has 6 nitrogen and oxygen atoms in total. The topological polar surface area (TPSA) is 63.2 Å². The zero-order chi connectivity index (χ0) is 17.2. The third kappa shape index (κ3) is 3.37. The van der Waals surface area contributed by atoms with Crippen LogP contribution >= 0.6 is 15.9 Å². The van der Waals surface area contributed by atoms with E-state index in [9.17, 15) is 4.79 Å². The largest absolute Gasteiger partial charge is 0.486 e. The quantitative estimate of drug-likeness (QED) is 0.729. The molecule has 130 valence electrons. The van der Waals surface area contributed by atoms with Crippen LogP contribution in [0.15, 0.2) is 40.9 Å². The highest BCUT2D eigenvalue weighted by atomic mass is 79.9. The molecular formula is C18H15BrO6. The fourth-order valence-corrected chi connectivity index (χ4v) is 3.03. The third-order valence-corrected chi connectivity index (χ3v) is 4.59. The molecule has 1 atom stereocenters. The Hall–Kier alpha value is -2.41. The van der Waals surface area contributed by atoms with E-state index in [1.807, 2.05) is 18.2 Å². The molecular weight excluding hydrogens is 392 g/mol. The minimum Gasteiger partial charge on any atom is -0.486 e. The molecule has 0 amide bonds. The van der Waals surface area contributed by atoms with Crippen LogP contribution < -0.4 is 18.9 Å². The van der Waals surface area contributed by atoms with Gasteiger partial charge in [0.15, 0.2) is 23.0 Å². The molecule has 4 rings (SSSR count). The van der Waals surface area contributed by atoms with E-state index in [0.717, 1.165) is 10.0 Å². The average molecular weight is 407 g/mol. The number of esters is 1. The maximum absolute atomic E-state index is 12.3. The summed E-state index contributed by atoms with van der Waals surface area (Å²) in [5.41, 5.74) is 0.787. The van der Waals surface area contributed by atoms with E-state index in [4.69, 9.17) is 23.7 Å². The molecule has 0 saturated heterocycles. The van der Waals surface area contributed by atoms with Gasteiger partial charge < -0.3 is 23.7 Å². The first-order valence-electron chi connectivity index (χ1n) is 7.84. The number of benzene rings is 2. The van der Waals surface area contributed by atoms with Crippen LogP contribution in [-0.2, 0) is 16.1 Å². The Morgan fingerprint density at radius 3 is 2.56 bits per heavy atom. The van der Waals surface area contributed by atoms with Crippen LogP contribution in [0.3, 0.4) is 0 Å². The Morgan fingerprint density at radius 1 is 1.04 bits per heavy atom. The van der Waals surface area contributed by atoms with E-state index >= 15 is 0 Å². The van der Waals surface area contributed by atoms with E-state index in [-0.39, 0.29) is 13.2 Å². The number of carbonyl (C=O) groups excluding carboxylic acids is 1. The average Bonchev–Trinajstić information content (AvgIpc) is 2.65. The van der Waals surface area contributed by atoms with Gasteiger partial charge in [0.25, 0.3) is 0 Å². The molecule has 0 aliphatic carbocycles. The predicted molar refractivity (Wildman–Crippen MR) is 91.3 cm³/mol. The van der Waals surface area contributed by atoms with E-state index in [1.54, 1.807) is 18.2 Å². The number of fused-ring (bicyclic) bond motifs is 2. The smallest absolute Gasteiger partial charge is 0.351 e. The molecule has 2 aliphatic rings. The van der Waals surface area contributed by atoms with Crippen LogP contribution in [-0.4, -0.2) is 31.9 Å². The first-order chi connectivity index (χ1) is 12.2. The number of rotatable bonds is 3. The molecule has 25 heavy (non-hydrogen) atoms. The van der Waals surface area contributed by atoms with Crippen molar-refractivity contribution < 1.29 is 28.5 Å². The minimum atomic E-state index is -0.786. The minimum absolute atomic E-state index is 0.0948. The standard InChI is InChI=1S/C18H15BrO6/c19-12-8-16-15(21-5-6-22-16)7-11(12)9-24-18(20)17-10-23-13-3-1-2-4-14(13)25-17/h1-4,7-8,17H,5-6,9-10H2. The summed E-state index contributed by atoms with van der Waals surface area (Å²) < 4.78 is 28.4. The maximum Gasteiger partial charge on any atom is 0.351 e. The van der Waals surface area contributed by atoms with Gasteiger partial charge in [-0.25, -0.2) is 4.79 Å². The fourth-order valence-electron chi connectivity index (χ4n) is 2.59. The Morgan fingerprint density at radius 2 is 1.76 bits per heavy atom. The number of para-hydroxylation sites is 2. The summed E-state index contributed by atoms with van der Waals surface area (Å²) in [7, 11) is 0. The Labute approximate surface area is 152 Å². The molecule has 2 aliphatic heterocycles. The van der Waals surface area contributed by atoms with Gasteiger partial charge in [0.2, 0.25) is 6.10 Å². The molecule has 7 heteroatoms. The van der Waals surface area contributed by atoms with Gasteiger partial charge in [-0.05, 0) is 24.3 Å². The van der Waals surface area contributed by atoms with Crippen molar-refractivity contribution in [1.82, 2.24) is 0 Å². The summed E-state index contributed by atoms with van der Waals surface area (Å²) in [6, 6.07) is 10.8. The zero-order valence-electron chi connectivity index (χ0n) is 13.2. The van der Waals surface area contributed by atoms with Gasteiger partial charge in [0, 0.05) is 10.0 Å². The Balaban J connectivity index is 1.41. The van der Waals surface area contributed by atoms with Crippen LogP contribution in [0.1, 0.15) is 5.56 Å². The fraction of sp³-hybridized carbons (Fsp3) is 0.278. The van der Waals surface area contributed by atoms with Crippen LogP contribution in [0.5, 0.6) is 23.0 Å². The van der Waals surface area contributed by atoms with E-state index < -0.39 is 12.1 Å². The summed E-state index contributed by atoms with van der Waals surface area (Å²) in [5.74, 6) is 2.01. The number of hydrogen-bond acceptors (Lipinski definition) is 6. The molecule has 2 heterocycles. The molecule has 0 aromatic heterocycles. The van der Waals surface area contributed by atoms with E-state index in [2.05, 4.69) is 15.9 Å². The molecule has 0 N–H and O–H groups in total. The van der Waals surface area contributed by atoms with Crippen LogP contribution in [0.4, 0.5) is 0 Å². The molecule has 2 aromatic rings. The van der Waals surface area contributed by atoms with Crippen molar-refractivity contribution in [2.24, 2.45) is 0 Å². The Kier molecular flexibility index (Phi) is 4.40. The van der Waals surface area contributed by atoms with E-state index in [1.165, 1.54) is 0 Å². The lowest BCUT2D eigenvalue weighted by Gasteiger charge is -2.25. The molecule has 0 spiro atoms. The highest BCUT2D eigenvalue weighted by Gasteiger charge is 2.29. The highest BCUT2D eigenvalue weighted by Crippen LogP contribution is 2.36. The van der Waals surface area contributed by atoms with Crippen LogP contribution in [0, 0.1) is 0 Å². The van der Waals surface area contributed by atoms with Gasteiger partial charge in [-0.2, -0.15) is 0 Å². The summed E-state index contributed by atoms with van der Waals surface area (Å²) in [6.45, 7) is 1.24. The van der Waals surface area contributed by atoms with Gasteiger partial charge in [-0.15, -0.1) is 0 Å². The Bertz CT molecular complexity index is 806. The normalized spacial score (nSPS) is 17.7. The number of ether oxygens (including phenoxy) is 5. The van der Waals surface area contributed by atoms with Crippen LogP contribution in [0.25, 0.3) is 0 Å². The van der Waals surface area contributed by atoms with Crippen molar-refractivity contribution in [2.75, 3.05) is 19.8 Å². The molecule has 0 fully saturated rings. The van der Waals surface area contributed by atoms with Crippen LogP contribution in [0.2, 0.25) is 0 Å². The summed E-state index contributed by atoms with van der Waals surface area (Å²) >= 11 is 3.46. The first kappa shape index (κ1) is 16.1. The SMILES string of the molecule is O=C(OCc1cc2c(cc1Br)OCCO2)C1COc2ccccc2O1. The lowest BCUT2D eigenvalue weighted by molar-refractivity contribution is -0.155. The second-order valence-electron chi connectivity index (χ2n) is 5.56. The molecule has 0 saturated carbocycles. The monoisotopic (exact) mass is 406 g/mol. The second kappa shape index (κ2) is 6.84. The van der Waals surface area contributed by atoms with E-state index in [0.29, 0.717) is 36.2 Å². The first-order valence-corrected chi connectivity index (χ1v) is 8.63. The van der Waals surface area contributed by atoms with Gasteiger partial charge in [-0.3, -0.25) is 0 Å². The summed E-state index contributed by atoms with van der Waals surface area (Å²) in [4.78, 5) is 12.3. The van der Waals surface area contributed by atoms with Crippen molar-refractivity contribution in [3.63, 3.8) is 0 Å². The van der Waals surface area contributed by atoms with Crippen molar-refractivity contribution in [2.45, 2.75) is 12.7 Å². The lowest BCUT2D eigenvalue weighted by atomic mass is 10.2.